The van der Waals surface area contributed by atoms with Crippen LogP contribution in [0.5, 0.6) is 0 Å². The summed E-state index contributed by atoms with van der Waals surface area (Å²) in [5.41, 5.74) is 3.29. The highest BCUT2D eigenvalue weighted by atomic mass is 32.2. The zero-order valence-electron chi connectivity index (χ0n) is 16.6. The molecule has 5 nitrogen and oxygen atoms in total. The molecular weight excluding hydrogens is 384 g/mol. The molecule has 1 saturated heterocycles. The predicted molar refractivity (Wildman–Crippen MR) is 114 cm³/mol. The number of hydrogen-bond acceptors (Lipinski definition) is 3. The number of hydrogen-bond donors (Lipinski definition) is 1. The Kier molecular flexibility index (Phi) is 6.01. The Morgan fingerprint density at radius 3 is 2.59 bits per heavy atom. The second-order valence-electron chi connectivity index (χ2n) is 8.09. The van der Waals surface area contributed by atoms with Crippen LogP contribution in [0.15, 0.2) is 54.6 Å². The third-order valence-corrected chi connectivity index (χ3v) is 7.84. The Morgan fingerprint density at radius 2 is 1.76 bits per heavy atom. The second kappa shape index (κ2) is 8.67. The summed E-state index contributed by atoms with van der Waals surface area (Å²) in [6, 6.07) is 17.5. The van der Waals surface area contributed by atoms with Crippen LogP contribution in [0.1, 0.15) is 48.4 Å². The van der Waals surface area contributed by atoms with E-state index < -0.39 is 10.0 Å². The maximum absolute atomic E-state index is 13.0. The molecule has 1 fully saturated rings. The molecule has 1 amide bonds. The zero-order valence-corrected chi connectivity index (χ0v) is 17.4. The Bertz CT molecular complexity index is 959. The normalized spacial score (nSPS) is 22.6. The van der Waals surface area contributed by atoms with E-state index in [1.165, 1.54) is 15.4 Å². The number of rotatable bonds is 5. The van der Waals surface area contributed by atoms with Gasteiger partial charge in [-0.2, -0.15) is 0 Å². The van der Waals surface area contributed by atoms with Gasteiger partial charge in [0.2, 0.25) is 15.9 Å². The summed E-state index contributed by atoms with van der Waals surface area (Å²) in [4.78, 5) is 13.0. The monoisotopic (exact) mass is 412 g/mol. The molecule has 0 aromatic heterocycles. The number of amides is 1. The smallest absolute Gasteiger partial charge is 0.224 e. The average Bonchev–Trinajstić information content (AvgIpc) is 2.74. The van der Waals surface area contributed by atoms with Gasteiger partial charge in [0.25, 0.3) is 0 Å². The molecule has 1 heterocycles. The van der Waals surface area contributed by atoms with E-state index >= 15 is 0 Å². The van der Waals surface area contributed by atoms with Crippen molar-refractivity contribution in [2.45, 2.75) is 43.9 Å². The van der Waals surface area contributed by atoms with Gasteiger partial charge in [-0.25, -0.2) is 12.7 Å². The van der Waals surface area contributed by atoms with Crippen LogP contribution in [0.4, 0.5) is 0 Å². The highest BCUT2D eigenvalue weighted by Crippen LogP contribution is 2.30. The van der Waals surface area contributed by atoms with E-state index in [2.05, 4.69) is 17.4 Å². The predicted octanol–water partition coefficient (Wildman–Crippen LogP) is 3.42. The van der Waals surface area contributed by atoms with Crippen molar-refractivity contribution in [2.75, 3.05) is 13.1 Å². The van der Waals surface area contributed by atoms with Crippen LogP contribution < -0.4 is 5.32 Å². The number of nitrogens with zero attached hydrogens (tertiary/aromatic N) is 1. The summed E-state index contributed by atoms with van der Waals surface area (Å²) < 4.78 is 27.2. The molecule has 0 spiro atoms. The number of benzene rings is 2. The van der Waals surface area contributed by atoms with E-state index in [1.54, 1.807) is 0 Å². The molecule has 2 aliphatic rings. The zero-order chi connectivity index (χ0) is 20.3. The molecular formula is C23H28N2O3S. The maximum atomic E-state index is 13.0. The summed E-state index contributed by atoms with van der Waals surface area (Å²) >= 11 is 0. The third-order valence-electron chi connectivity index (χ3n) is 6.03. The van der Waals surface area contributed by atoms with Crippen LogP contribution in [0.2, 0.25) is 0 Å². The van der Waals surface area contributed by atoms with Gasteiger partial charge in [-0.1, -0.05) is 54.6 Å². The van der Waals surface area contributed by atoms with Gasteiger partial charge in [-0.15, -0.1) is 0 Å². The van der Waals surface area contributed by atoms with Crippen molar-refractivity contribution in [1.29, 1.82) is 0 Å². The van der Waals surface area contributed by atoms with Gasteiger partial charge in [0.1, 0.15) is 0 Å². The van der Waals surface area contributed by atoms with Crippen molar-refractivity contribution in [3.05, 3.63) is 71.3 Å². The Balaban J connectivity index is 1.41. The van der Waals surface area contributed by atoms with Crippen molar-refractivity contribution < 1.29 is 13.2 Å². The van der Waals surface area contributed by atoms with Gasteiger partial charge in [0.05, 0.1) is 17.7 Å². The van der Waals surface area contributed by atoms with Crippen LogP contribution in [0, 0.1) is 5.92 Å². The largest absolute Gasteiger partial charge is 0.349 e. The van der Waals surface area contributed by atoms with Gasteiger partial charge in [-0.05, 0) is 48.8 Å². The molecule has 2 aromatic carbocycles. The summed E-state index contributed by atoms with van der Waals surface area (Å²) in [5, 5.41) is 3.21. The van der Waals surface area contributed by atoms with Crippen molar-refractivity contribution >= 4 is 15.9 Å². The van der Waals surface area contributed by atoms with Crippen molar-refractivity contribution in [1.82, 2.24) is 9.62 Å². The molecule has 29 heavy (non-hydrogen) atoms. The van der Waals surface area contributed by atoms with Gasteiger partial charge in [0, 0.05) is 13.1 Å². The molecule has 0 saturated carbocycles. The molecule has 1 aliphatic heterocycles. The molecule has 4 rings (SSSR count). The first-order chi connectivity index (χ1) is 14.0. The number of sulfonamides is 1. The van der Waals surface area contributed by atoms with Crippen molar-refractivity contribution in [3.8, 4) is 0 Å². The topological polar surface area (TPSA) is 66.5 Å². The number of piperidine rings is 1. The Morgan fingerprint density at radius 1 is 1.00 bits per heavy atom. The summed E-state index contributed by atoms with van der Waals surface area (Å²) in [6.45, 7) is 0.764. The average molecular weight is 413 g/mol. The van der Waals surface area contributed by atoms with Crippen molar-refractivity contribution in [3.63, 3.8) is 0 Å². The van der Waals surface area contributed by atoms with E-state index in [-0.39, 0.29) is 30.2 Å². The molecule has 0 radical (unpaired) electrons. The van der Waals surface area contributed by atoms with Crippen LogP contribution in [-0.2, 0) is 27.0 Å². The molecule has 1 aliphatic carbocycles. The van der Waals surface area contributed by atoms with Gasteiger partial charge < -0.3 is 5.32 Å². The van der Waals surface area contributed by atoms with Gasteiger partial charge >= 0.3 is 0 Å². The molecule has 2 atom stereocenters. The van der Waals surface area contributed by atoms with Crippen LogP contribution >= 0.6 is 0 Å². The fourth-order valence-corrected chi connectivity index (χ4v) is 6.09. The van der Waals surface area contributed by atoms with E-state index in [0.717, 1.165) is 31.2 Å². The fraction of sp³-hybridized carbons (Fsp3) is 0.435. The maximum Gasteiger partial charge on any atom is 0.224 e. The number of aryl methyl sites for hydroxylation is 1. The Hall–Kier alpha value is -2.18. The highest BCUT2D eigenvalue weighted by molar-refractivity contribution is 7.88. The highest BCUT2D eigenvalue weighted by Gasteiger charge is 2.33. The minimum Gasteiger partial charge on any atom is -0.349 e. The van der Waals surface area contributed by atoms with Gasteiger partial charge in [-0.3, -0.25) is 4.79 Å². The molecule has 0 unspecified atom stereocenters. The van der Waals surface area contributed by atoms with E-state index in [9.17, 15) is 13.2 Å². The summed E-state index contributed by atoms with van der Waals surface area (Å²) in [6.07, 6.45) is 4.50. The number of nitrogens with one attached hydrogen (secondary N) is 1. The molecule has 0 bridgehead atoms. The van der Waals surface area contributed by atoms with Gasteiger partial charge in [0.15, 0.2) is 0 Å². The number of fused-ring (bicyclic) bond motifs is 1. The molecule has 154 valence electrons. The van der Waals surface area contributed by atoms with E-state index in [4.69, 9.17) is 0 Å². The minimum atomic E-state index is -3.43. The first kappa shape index (κ1) is 20.1. The lowest BCUT2D eigenvalue weighted by atomic mass is 9.87. The minimum absolute atomic E-state index is 0.0157. The summed E-state index contributed by atoms with van der Waals surface area (Å²) in [7, 11) is -3.43. The standard InChI is InChI=1S/C23H28N2O3S/c26-23(24-22-14-6-11-19-10-4-5-13-21(19)22)20-12-7-15-25(16-20)29(27,28)17-18-8-2-1-3-9-18/h1-5,8-10,13,20,22H,6-7,11-12,14-17H2,(H,24,26)/t20-,22+/m0/s1. The first-order valence-electron chi connectivity index (χ1n) is 10.4. The second-order valence-corrected chi connectivity index (χ2v) is 10.1. The third kappa shape index (κ3) is 4.70. The lowest BCUT2D eigenvalue weighted by Gasteiger charge is -2.33. The fourth-order valence-electron chi connectivity index (χ4n) is 4.48. The molecule has 6 heteroatoms. The Labute approximate surface area is 173 Å². The summed E-state index contributed by atoms with van der Waals surface area (Å²) in [5.74, 6) is -0.326. The molecule has 2 aromatic rings. The van der Waals surface area contributed by atoms with Crippen LogP contribution in [0.3, 0.4) is 0 Å². The van der Waals surface area contributed by atoms with E-state index in [0.29, 0.717) is 13.0 Å². The van der Waals surface area contributed by atoms with Crippen molar-refractivity contribution in [2.24, 2.45) is 5.92 Å². The SMILES string of the molecule is O=C(N[C@@H]1CCCc2ccccc21)[C@H]1CCCN(S(=O)(=O)Cc2ccccc2)C1. The molecule has 1 N–H and O–H groups in total. The van der Waals surface area contributed by atoms with Crippen LogP contribution in [0.25, 0.3) is 0 Å². The lowest BCUT2D eigenvalue weighted by Crippen LogP contribution is -2.46. The quantitative estimate of drug-likeness (QED) is 0.818. The van der Waals surface area contributed by atoms with E-state index in [1.807, 2.05) is 42.5 Å². The number of carbonyl (C=O) groups excluding carboxylic acids is 1. The number of carbonyl (C=O) groups is 1. The lowest BCUT2D eigenvalue weighted by molar-refractivity contribution is -0.127. The first-order valence-corrected chi connectivity index (χ1v) is 12.0. The van der Waals surface area contributed by atoms with Crippen LogP contribution in [-0.4, -0.2) is 31.7 Å².